The van der Waals surface area contributed by atoms with Gasteiger partial charge >= 0.3 is 0 Å². The van der Waals surface area contributed by atoms with Crippen LogP contribution in [-0.2, 0) is 6.42 Å². The standard InChI is InChI=1S/C25H29N3O/c1-7-12-21-17(3)13-11-14-22(21)28-18(4)20(8-2)24(19(28)5)25(29)27(6)23-15-9-10-16-26-23/h8-11,13-16H,2,7,12H2,1,3-6H3. The highest BCUT2D eigenvalue weighted by atomic mass is 16.2. The minimum Gasteiger partial charge on any atom is -0.317 e. The molecule has 1 amide bonds. The maximum Gasteiger partial charge on any atom is 0.261 e. The molecule has 0 aliphatic rings. The summed E-state index contributed by atoms with van der Waals surface area (Å²) < 4.78 is 2.20. The number of amides is 1. The smallest absolute Gasteiger partial charge is 0.261 e. The van der Waals surface area contributed by atoms with E-state index in [2.05, 4.69) is 55.1 Å². The molecular weight excluding hydrogens is 358 g/mol. The minimum absolute atomic E-state index is 0.0809. The number of aryl methyl sites for hydroxylation is 1. The largest absolute Gasteiger partial charge is 0.317 e. The molecule has 4 nitrogen and oxygen atoms in total. The monoisotopic (exact) mass is 387 g/mol. The number of nitrogens with zero attached hydrogens (tertiary/aromatic N) is 3. The highest BCUT2D eigenvalue weighted by Crippen LogP contribution is 2.31. The first-order valence-corrected chi connectivity index (χ1v) is 10.0. The summed E-state index contributed by atoms with van der Waals surface area (Å²) in [5.74, 6) is 0.544. The van der Waals surface area contributed by atoms with Crippen molar-refractivity contribution < 1.29 is 4.79 Å². The lowest BCUT2D eigenvalue weighted by Crippen LogP contribution is -2.28. The summed E-state index contributed by atoms with van der Waals surface area (Å²) >= 11 is 0. The fraction of sp³-hybridized carbons (Fsp3) is 0.280. The molecule has 0 atom stereocenters. The molecule has 2 heterocycles. The molecule has 0 spiro atoms. The van der Waals surface area contributed by atoms with Crippen molar-refractivity contribution in [2.24, 2.45) is 0 Å². The minimum atomic E-state index is -0.0809. The summed E-state index contributed by atoms with van der Waals surface area (Å²) in [5, 5.41) is 0. The summed E-state index contributed by atoms with van der Waals surface area (Å²) in [6.07, 6.45) is 5.55. The SMILES string of the molecule is C=Cc1c(C(=O)N(C)c2ccccn2)c(C)n(-c2cccc(C)c2CCC)c1C. The van der Waals surface area contributed by atoms with Crippen LogP contribution in [0.3, 0.4) is 0 Å². The fourth-order valence-electron chi connectivity index (χ4n) is 4.04. The highest BCUT2D eigenvalue weighted by Gasteiger charge is 2.26. The van der Waals surface area contributed by atoms with Crippen LogP contribution in [0.2, 0.25) is 0 Å². The Morgan fingerprint density at radius 1 is 1.14 bits per heavy atom. The van der Waals surface area contributed by atoms with Gasteiger partial charge in [0.15, 0.2) is 0 Å². The summed E-state index contributed by atoms with van der Waals surface area (Å²) in [4.78, 5) is 19.4. The van der Waals surface area contributed by atoms with Gasteiger partial charge in [-0.25, -0.2) is 4.98 Å². The number of carbonyl (C=O) groups excluding carboxylic acids is 1. The second-order valence-electron chi connectivity index (χ2n) is 7.37. The van der Waals surface area contributed by atoms with Gasteiger partial charge in [-0.15, -0.1) is 0 Å². The fourth-order valence-corrected chi connectivity index (χ4v) is 4.04. The Labute approximate surface area is 173 Å². The van der Waals surface area contributed by atoms with E-state index in [1.54, 1.807) is 24.2 Å². The van der Waals surface area contributed by atoms with Crippen molar-refractivity contribution in [3.05, 3.63) is 82.8 Å². The van der Waals surface area contributed by atoms with Crippen molar-refractivity contribution in [1.82, 2.24) is 9.55 Å². The third kappa shape index (κ3) is 3.63. The van der Waals surface area contributed by atoms with Gasteiger partial charge in [-0.3, -0.25) is 9.69 Å². The quantitative estimate of drug-likeness (QED) is 0.546. The third-order valence-electron chi connectivity index (χ3n) is 5.53. The molecule has 3 aromatic rings. The molecule has 0 unspecified atom stereocenters. The van der Waals surface area contributed by atoms with Crippen molar-refractivity contribution in [1.29, 1.82) is 0 Å². The zero-order valence-corrected chi connectivity index (χ0v) is 18.0. The number of hydrogen-bond donors (Lipinski definition) is 0. The van der Waals surface area contributed by atoms with Crippen LogP contribution < -0.4 is 4.90 Å². The highest BCUT2D eigenvalue weighted by molar-refractivity contribution is 6.09. The van der Waals surface area contributed by atoms with Crippen molar-refractivity contribution in [3.8, 4) is 5.69 Å². The molecule has 0 radical (unpaired) electrons. The van der Waals surface area contributed by atoms with Crippen molar-refractivity contribution in [3.63, 3.8) is 0 Å². The van der Waals surface area contributed by atoms with E-state index in [-0.39, 0.29) is 5.91 Å². The molecule has 0 aliphatic carbocycles. The molecule has 0 bridgehead atoms. The van der Waals surface area contributed by atoms with Crippen LogP contribution in [-0.4, -0.2) is 22.5 Å². The third-order valence-corrected chi connectivity index (χ3v) is 5.53. The number of aromatic nitrogens is 2. The van der Waals surface area contributed by atoms with Gasteiger partial charge < -0.3 is 4.57 Å². The molecule has 4 heteroatoms. The summed E-state index contributed by atoms with van der Waals surface area (Å²) in [7, 11) is 1.76. The van der Waals surface area contributed by atoms with Crippen LogP contribution in [0.4, 0.5) is 5.82 Å². The number of rotatable bonds is 6. The van der Waals surface area contributed by atoms with E-state index in [1.807, 2.05) is 25.1 Å². The van der Waals surface area contributed by atoms with E-state index in [9.17, 15) is 4.79 Å². The summed E-state index contributed by atoms with van der Waals surface area (Å²) in [5.41, 5.74) is 7.24. The van der Waals surface area contributed by atoms with Crippen LogP contribution in [0, 0.1) is 20.8 Å². The molecule has 2 aromatic heterocycles. The van der Waals surface area contributed by atoms with Crippen molar-refractivity contribution in [2.75, 3.05) is 11.9 Å². The van der Waals surface area contributed by atoms with Crippen LogP contribution in [0.5, 0.6) is 0 Å². The van der Waals surface area contributed by atoms with Crippen LogP contribution >= 0.6 is 0 Å². The van der Waals surface area contributed by atoms with Crippen molar-refractivity contribution in [2.45, 2.75) is 40.5 Å². The average Bonchev–Trinajstić information content (AvgIpc) is 2.98. The van der Waals surface area contributed by atoms with E-state index in [1.165, 1.54) is 11.1 Å². The molecule has 0 fully saturated rings. The van der Waals surface area contributed by atoms with E-state index < -0.39 is 0 Å². The number of pyridine rings is 1. The number of benzene rings is 1. The Morgan fingerprint density at radius 2 is 1.90 bits per heavy atom. The first-order chi connectivity index (χ1) is 13.9. The van der Waals surface area contributed by atoms with Gasteiger partial charge in [0.25, 0.3) is 5.91 Å². The Hall–Kier alpha value is -3.14. The average molecular weight is 388 g/mol. The van der Waals surface area contributed by atoms with Gasteiger partial charge in [-0.05, 0) is 56.5 Å². The molecule has 0 N–H and O–H groups in total. The normalized spacial score (nSPS) is 10.8. The van der Waals surface area contributed by atoms with Crippen molar-refractivity contribution >= 4 is 17.8 Å². The molecule has 0 aliphatic heterocycles. The van der Waals surface area contributed by atoms with Gasteiger partial charge in [0.05, 0.1) is 5.56 Å². The van der Waals surface area contributed by atoms with Crippen LogP contribution in [0.1, 0.15) is 51.8 Å². The second kappa shape index (κ2) is 8.48. The Morgan fingerprint density at radius 3 is 2.52 bits per heavy atom. The first-order valence-electron chi connectivity index (χ1n) is 10.0. The lowest BCUT2D eigenvalue weighted by molar-refractivity contribution is 0.0991. The predicted octanol–water partition coefficient (Wildman–Crippen LogP) is 5.67. The second-order valence-corrected chi connectivity index (χ2v) is 7.37. The zero-order valence-electron chi connectivity index (χ0n) is 18.0. The number of anilines is 1. The molecule has 3 rings (SSSR count). The lowest BCUT2D eigenvalue weighted by Gasteiger charge is -2.18. The number of carbonyl (C=O) groups is 1. The maximum absolute atomic E-state index is 13.4. The Kier molecular flexibility index (Phi) is 6.02. The van der Waals surface area contributed by atoms with Crippen LogP contribution in [0.15, 0.2) is 49.2 Å². The molecule has 0 saturated carbocycles. The van der Waals surface area contributed by atoms with Gasteiger partial charge in [-0.1, -0.05) is 44.2 Å². The zero-order chi connectivity index (χ0) is 21.1. The van der Waals surface area contributed by atoms with Gasteiger partial charge in [-0.2, -0.15) is 0 Å². The van der Waals surface area contributed by atoms with Gasteiger partial charge in [0.1, 0.15) is 5.82 Å². The predicted molar refractivity (Wildman–Crippen MR) is 121 cm³/mol. The van der Waals surface area contributed by atoms with E-state index in [0.717, 1.165) is 35.5 Å². The molecule has 1 aromatic carbocycles. The van der Waals surface area contributed by atoms with Gasteiger partial charge in [0.2, 0.25) is 0 Å². The molecule has 150 valence electrons. The van der Waals surface area contributed by atoms with Crippen LogP contribution in [0.25, 0.3) is 11.8 Å². The van der Waals surface area contributed by atoms with Gasteiger partial charge in [0, 0.05) is 35.9 Å². The molecule has 29 heavy (non-hydrogen) atoms. The van der Waals surface area contributed by atoms with E-state index in [4.69, 9.17) is 0 Å². The lowest BCUT2D eigenvalue weighted by atomic mass is 10.0. The van der Waals surface area contributed by atoms with E-state index in [0.29, 0.717) is 11.4 Å². The summed E-state index contributed by atoms with van der Waals surface area (Å²) in [6.45, 7) is 12.4. The maximum atomic E-state index is 13.4. The Balaban J connectivity index is 2.19. The topological polar surface area (TPSA) is 38.1 Å². The number of hydrogen-bond acceptors (Lipinski definition) is 2. The Bertz CT molecular complexity index is 1050. The first kappa shape index (κ1) is 20.6. The summed E-state index contributed by atoms with van der Waals surface area (Å²) in [6, 6.07) is 11.9. The van der Waals surface area contributed by atoms with E-state index >= 15 is 0 Å². The molecule has 0 saturated heterocycles. The molecular formula is C25H29N3O.